The zero-order chi connectivity index (χ0) is 23.4. The Morgan fingerprint density at radius 3 is 1.82 bits per heavy atom. The molecule has 0 amide bonds. The molecule has 2 N–H and O–H groups in total. The lowest BCUT2D eigenvalue weighted by atomic mass is 9.77. The number of nitrogen functional groups attached to an aromatic ring is 1. The molecule has 3 aromatic carbocycles. The van der Waals surface area contributed by atoms with E-state index in [1.165, 1.54) is 0 Å². The molecule has 2 aromatic heterocycles. The summed E-state index contributed by atoms with van der Waals surface area (Å²) in [6.07, 6.45) is 1.72. The van der Waals surface area contributed by atoms with E-state index in [9.17, 15) is 0 Å². The number of hydrogen-bond donors (Lipinski definition) is 1. The SMILES string of the molecule is COCCOc1nn(C(c2ccccc2)(c2ccccc2)c2ccccc2)c2cc(N)ncc12. The highest BCUT2D eigenvalue weighted by molar-refractivity contribution is 5.86. The summed E-state index contributed by atoms with van der Waals surface area (Å²) in [4.78, 5) is 4.32. The van der Waals surface area contributed by atoms with Gasteiger partial charge in [-0.15, -0.1) is 5.10 Å². The maximum absolute atomic E-state index is 6.17. The van der Waals surface area contributed by atoms with Crippen LogP contribution in [0.25, 0.3) is 10.9 Å². The third-order valence-electron chi connectivity index (χ3n) is 5.97. The van der Waals surface area contributed by atoms with E-state index < -0.39 is 5.54 Å². The fourth-order valence-electron chi connectivity index (χ4n) is 4.49. The minimum absolute atomic E-state index is 0.377. The maximum atomic E-state index is 6.17. The molecule has 0 fully saturated rings. The van der Waals surface area contributed by atoms with Crippen molar-refractivity contribution < 1.29 is 9.47 Å². The molecule has 0 aliphatic rings. The maximum Gasteiger partial charge on any atom is 0.242 e. The number of nitrogens with two attached hydrogens (primary N) is 1. The molecule has 0 saturated carbocycles. The third kappa shape index (κ3) is 3.68. The van der Waals surface area contributed by atoms with Gasteiger partial charge in [0.2, 0.25) is 5.88 Å². The number of nitrogens with zero attached hydrogens (tertiary/aromatic N) is 3. The Morgan fingerprint density at radius 2 is 1.32 bits per heavy atom. The molecule has 0 aliphatic carbocycles. The first-order chi connectivity index (χ1) is 16.7. The Labute approximate surface area is 198 Å². The topological polar surface area (TPSA) is 75.2 Å². The van der Waals surface area contributed by atoms with Crippen LogP contribution in [0.3, 0.4) is 0 Å². The Hall–Kier alpha value is -4.16. The van der Waals surface area contributed by atoms with E-state index in [1.807, 2.05) is 65.3 Å². The molecule has 5 rings (SSSR count). The number of rotatable bonds is 8. The molecule has 170 valence electrons. The predicted octanol–water partition coefficient (Wildman–Crippen LogP) is 4.88. The van der Waals surface area contributed by atoms with Crippen molar-refractivity contribution >= 4 is 16.7 Å². The molecule has 2 heterocycles. The molecule has 0 atom stereocenters. The number of aromatic nitrogens is 3. The summed E-state index contributed by atoms with van der Waals surface area (Å²) >= 11 is 0. The van der Waals surface area contributed by atoms with E-state index in [-0.39, 0.29) is 0 Å². The summed E-state index contributed by atoms with van der Waals surface area (Å²) in [6, 6.07) is 33.0. The number of fused-ring (bicyclic) bond motifs is 1. The largest absolute Gasteiger partial charge is 0.474 e. The molecule has 0 spiro atoms. The number of methoxy groups -OCH3 is 1. The van der Waals surface area contributed by atoms with Crippen LogP contribution in [0.15, 0.2) is 103 Å². The lowest BCUT2D eigenvalue weighted by molar-refractivity contribution is 0.143. The van der Waals surface area contributed by atoms with Gasteiger partial charge in [0.25, 0.3) is 0 Å². The molecular weight excluding hydrogens is 424 g/mol. The molecule has 6 nitrogen and oxygen atoms in total. The summed E-state index contributed by atoms with van der Waals surface area (Å²) < 4.78 is 13.2. The lowest BCUT2D eigenvalue weighted by Gasteiger charge is -2.36. The van der Waals surface area contributed by atoms with Crippen LogP contribution in [0.5, 0.6) is 5.88 Å². The average Bonchev–Trinajstić information content (AvgIpc) is 3.24. The third-order valence-corrected chi connectivity index (χ3v) is 5.97. The van der Waals surface area contributed by atoms with Crippen LogP contribution in [0.1, 0.15) is 16.7 Å². The summed E-state index contributed by atoms with van der Waals surface area (Å²) in [5.74, 6) is 0.909. The van der Waals surface area contributed by atoms with Crippen molar-refractivity contribution in [3.63, 3.8) is 0 Å². The molecule has 0 unspecified atom stereocenters. The number of anilines is 1. The second-order valence-corrected chi connectivity index (χ2v) is 7.99. The zero-order valence-electron chi connectivity index (χ0n) is 19.0. The van der Waals surface area contributed by atoms with E-state index in [0.717, 1.165) is 27.6 Å². The second-order valence-electron chi connectivity index (χ2n) is 7.99. The smallest absolute Gasteiger partial charge is 0.242 e. The van der Waals surface area contributed by atoms with Crippen molar-refractivity contribution in [1.82, 2.24) is 14.8 Å². The van der Waals surface area contributed by atoms with E-state index in [0.29, 0.717) is 24.9 Å². The van der Waals surface area contributed by atoms with Crippen molar-refractivity contribution in [2.45, 2.75) is 5.54 Å². The molecule has 34 heavy (non-hydrogen) atoms. The Morgan fingerprint density at radius 1 is 0.794 bits per heavy atom. The number of benzene rings is 3. The van der Waals surface area contributed by atoms with Crippen LogP contribution in [0.4, 0.5) is 5.82 Å². The normalized spacial score (nSPS) is 11.6. The molecule has 0 radical (unpaired) electrons. The van der Waals surface area contributed by atoms with Gasteiger partial charge in [-0.2, -0.15) is 0 Å². The molecular formula is C28H26N4O2. The first-order valence-corrected chi connectivity index (χ1v) is 11.2. The molecule has 6 heteroatoms. The Balaban J connectivity index is 1.90. The first-order valence-electron chi connectivity index (χ1n) is 11.2. The highest BCUT2D eigenvalue weighted by Crippen LogP contribution is 2.43. The van der Waals surface area contributed by atoms with Gasteiger partial charge in [0, 0.05) is 19.4 Å². The zero-order valence-corrected chi connectivity index (χ0v) is 19.0. The average molecular weight is 451 g/mol. The van der Waals surface area contributed by atoms with Gasteiger partial charge < -0.3 is 15.2 Å². The van der Waals surface area contributed by atoms with Gasteiger partial charge in [0.15, 0.2) is 0 Å². The van der Waals surface area contributed by atoms with Gasteiger partial charge in [0.05, 0.1) is 17.5 Å². The van der Waals surface area contributed by atoms with Gasteiger partial charge in [-0.25, -0.2) is 9.67 Å². The van der Waals surface area contributed by atoms with E-state index >= 15 is 0 Å². The minimum Gasteiger partial charge on any atom is -0.474 e. The first kappa shape index (κ1) is 21.7. The van der Waals surface area contributed by atoms with Crippen LogP contribution >= 0.6 is 0 Å². The van der Waals surface area contributed by atoms with Crippen LogP contribution in [-0.2, 0) is 10.3 Å². The molecule has 0 saturated heterocycles. The van der Waals surface area contributed by atoms with Crippen molar-refractivity contribution in [2.24, 2.45) is 0 Å². The number of pyridine rings is 1. The van der Waals surface area contributed by atoms with E-state index in [4.69, 9.17) is 20.3 Å². The van der Waals surface area contributed by atoms with Crippen LogP contribution in [0.2, 0.25) is 0 Å². The Bertz CT molecular complexity index is 1270. The molecule has 5 aromatic rings. The summed E-state index contributed by atoms with van der Waals surface area (Å²) in [6.45, 7) is 0.833. The second kappa shape index (κ2) is 9.37. The quantitative estimate of drug-likeness (QED) is 0.269. The number of hydrogen-bond acceptors (Lipinski definition) is 5. The van der Waals surface area contributed by atoms with Crippen molar-refractivity contribution in [3.8, 4) is 5.88 Å². The van der Waals surface area contributed by atoms with Crippen molar-refractivity contribution in [3.05, 3.63) is 120 Å². The van der Waals surface area contributed by atoms with E-state index in [1.54, 1.807) is 13.3 Å². The highest BCUT2D eigenvalue weighted by Gasteiger charge is 2.41. The molecule has 0 bridgehead atoms. The van der Waals surface area contributed by atoms with Crippen LogP contribution in [0, 0.1) is 0 Å². The van der Waals surface area contributed by atoms with Gasteiger partial charge in [-0.05, 0) is 16.7 Å². The fourth-order valence-corrected chi connectivity index (χ4v) is 4.49. The van der Waals surface area contributed by atoms with Gasteiger partial charge in [-0.3, -0.25) is 0 Å². The number of ether oxygens (including phenoxy) is 2. The Kier molecular flexibility index (Phi) is 5.97. The monoisotopic (exact) mass is 450 g/mol. The minimum atomic E-state index is -0.779. The van der Waals surface area contributed by atoms with Crippen LogP contribution < -0.4 is 10.5 Å². The van der Waals surface area contributed by atoms with E-state index in [2.05, 4.69) is 41.4 Å². The van der Waals surface area contributed by atoms with Crippen molar-refractivity contribution in [2.75, 3.05) is 26.1 Å². The van der Waals surface area contributed by atoms with Gasteiger partial charge >= 0.3 is 0 Å². The standard InChI is InChI=1S/C28H26N4O2/c1-33-17-18-34-27-24-20-30-26(29)19-25(24)32(31-27)28(21-11-5-2-6-12-21,22-13-7-3-8-14-22)23-15-9-4-10-16-23/h2-16,19-20H,17-18H2,1H3,(H2,29,30). The summed E-state index contributed by atoms with van der Waals surface area (Å²) in [7, 11) is 1.65. The predicted molar refractivity (Wildman–Crippen MR) is 134 cm³/mol. The summed E-state index contributed by atoms with van der Waals surface area (Å²) in [5, 5.41) is 5.84. The summed E-state index contributed by atoms with van der Waals surface area (Å²) in [5.41, 5.74) is 9.42. The van der Waals surface area contributed by atoms with Gasteiger partial charge in [-0.1, -0.05) is 91.0 Å². The van der Waals surface area contributed by atoms with Crippen LogP contribution in [-0.4, -0.2) is 35.1 Å². The fraction of sp³-hybridized carbons (Fsp3) is 0.143. The molecule has 0 aliphatic heterocycles. The highest BCUT2D eigenvalue weighted by atomic mass is 16.5. The van der Waals surface area contributed by atoms with Gasteiger partial charge in [0.1, 0.15) is 18.0 Å². The van der Waals surface area contributed by atoms with Crippen molar-refractivity contribution in [1.29, 1.82) is 0 Å². The lowest BCUT2D eigenvalue weighted by Crippen LogP contribution is -2.38.